The van der Waals surface area contributed by atoms with Gasteiger partial charge in [0.05, 0.1) is 0 Å². The fraction of sp³-hybridized carbons (Fsp3) is 1.00. The Labute approximate surface area is 96.0 Å². The first kappa shape index (κ1) is 14.9. The van der Waals surface area contributed by atoms with E-state index >= 15 is 0 Å². The van der Waals surface area contributed by atoms with Gasteiger partial charge in [0, 0.05) is 19.8 Å². The van der Waals surface area contributed by atoms with E-state index in [1.165, 1.54) is 51.6 Å². The van der Waals surface area contributed by atoms with E-state index in [-0.39, 0.29) is 0 Å². The molecule has 0 spiro atoms. The fourth-order valence-corrected chi connectivity index (χ4v) is 1.66. The second kappa shape index (κ2) is 12.0. The quantitative estimate of drug-likeness (QED) is 0.490. The Bertz CT molecular complexity index is 117. The normalized spacial score (nSPS) is 11.2. The molecule has 0 atom stereocenters. The van der Waals surface area contributed by atoms with Gasteiger partial charge in [-0.3, -0.25) is 0 Å². The van der Waals surface area contributed by atoms with Crippen LogP contribution in [0.3, 0.4) is 0 Å². The van der Waals surface area contributed by atoms with Gasteiger partial charge in [0.2, 0.25) is 0 Å². The average molecular weight is 215 g/mol. The Hall–Kier alpha value is -0.0800. The van der Waals surface area contributed by atoms with Gasteiger partial charge in [0.1, 0.15) is 0 Å². The summed E-state index contributed by atoms with van der Waals surface area (Å²) in [4.78, 5) is 2.38. The van der Waals surface area contributed by atoms with E-state index in [0.29, 0.717) is 0 Å². The van der Waals surface area contributed by atoms with Crippen LogP contribution in [-0.4, -0.2) is 38.3 Å². The van der Waals surface area contributed by atoms with Crippen LogP contribution < -0.4 is 0 Å². The highest BCUT2D eigenvalue weighted by Gasteiger charge is 1.95. The van der Waals surface area contributed by atoms with E-state index in [1.807, 2.05) is 0 Å². The third-order valence-corrected chi connectivity index (χ3v) is 2.58. The van der Waals surface area contributed by atoms with Gasteiger partial charge in [-0.1, -0.05) is 33.1 Å². The summed E-state index contributed by atoms with van der Waals surface area (Å²) in [5, 5.41) is 0. The zero-order chi connectivity index (χ0) is 11.4. The van der Waals surface area contributed by atoms with Crippen molar-refractivity contribution in [3.8, 4) is 0 Å². The smallest absolute Gasteiger partial charge is 0.0478 e. The lowest BCUT2D eigenvalue weighted by atomic mass is 10.2. The van der Waals surface area contributed by atoms with Gasteiger partial charge in [0.25, 0.3) is 0 Å². The maximum atomic E-state index is 5.58. The van der Waals surface area contributed by atoms with Crippen LogP contribution in [0.4, 0.5) is 0 Å². The lowest BCUT2D eigenvalue weighted by molar-refractivity contribution is 0.120. The molecule has 2 heteroatoms. The van der Waals surface area contributed by atoms with E-state index in [4.69, 9.17) is 4.74 Å². The van der Waals surface area contributed by atoms with Crippen molar-refractivity contribution >= 4 is 0 Å². The van der Waals surface area contributed by atoms with Crippen molar-refractivity contribution in [3.05, 3.63) is 0 Å². The molecule has 0 rings (SSSR count). The highest BCUT2D eigenvalue weighted by molar-refractivity contribution is 4.49. The van der Waals surface area contributed by atoms with E-state index in [2.05, 4.69) is 25.8 Å². The van der Waals surface area contributed by atoms with Crippen LogP contribution in [0.1, 0.15) is 52.4 Å². The minimum absolute atomic E-state index is 0.931. The first-order valence-electron chi connectivity index (χ1n) is 6.57. The standard InChI is InChI=1S/C13H29NO/c1-4-6-7-8-12-15-13-9-11-14(3)10-5-2/h4-13H2,1-3H3. The largest absolute Gasteiger partial charge is 0.381 e. The summed E-state index contributed by atoms with van der Waals surface area (Å²) in [6, 6.07) is 0. The maximum Gasteiger partial charge on any atom is 0.0478 e. The molecular formula is C13H29NO. The Kier molecular flexibility index (Phi) is 11.9. The predicted molar refractivity (Wildman–Crippen MR) is 67.4 cm³/mol. The number of hydrogen-bond acceptors (Lipinski definition) is 2. The summed E-state index contributed by atoms with van der Waals surface area (Å²) >= 11 is 0. The zero-order valence-corrected chi connectivity index (χ0v) is 10.9. The molecule has 92 valence electrons. The highest BCUT2D eigenvalue weighted by Crippen LogP contribution is 1.99. The third-order valence-electron chi connectivity index (χ3n) is 2.58. The monoisotopic (exact) mass is 215 g/mol. The summed E-state index contributed by atoms with van der Waals surface area (Å²) in [6.45, 7) is 8.72. The van der Waals surface area contributed by atoms with Gasteiger partial charge in [-0.05, 0) is 32.9 Å². The molecule has 0 radical (unpaired) electrons. The molecule has 2 nitrogen and oxygen atoms in total. The van der Waals surface area contributed by atoms with Crippen LogP contribution in [0.15, 0.2) is 0 Å². The second-order valence-electron chi connectivity index (χ2n) is 4.33. The molecule has 0 bridgehead atoms. The molecule has 0 saturated heterocycles. The summed E-state index contributed by atoms with van der Waals surface area (Å²) in [6.07, 6.45) is 7.63. The molecule has 0 amide bonds. The maximum absolute atomic E-state index is 5.58. The topological polar surface area (TPSA) is 12.5 Å². The summed E-state index contributed by atoms with van der Waals surface area (Å²) in [7, 11) is 2.19. The average Bonchev–Trinajstić information content (AvgIpc) is 2.22. The van der Waals surface area contributed by atoms with Crippen molar-refractivity contribution in [2.45, 2.75) is 52.4 Å². The molecule has 0 heterocycles. The fourth-order valence-electron chi connectivity index (χ4n) is 1.66. The van der Waals surface area contributed by atoms with Gasteiger partial charge in [-0.2, -0.15) is 0 Å². The number of rotatable bonds is 11. The molecule has 0 aliphatic carbocycles. The Morgan fingerprint density at radius 2 is 1.53 bits per heavy atom. The lowest BCUT2D eigenvalue weighted by Crippen LogP contribution is -2.21. The van der Waals surface area contributed by atoms with Crippen molar-refractivity contribution in [2.75, 3.05) is 33.4 Å². The predicted octanol–water partition coefficient (Wildman–Crippen LogP) is 3.32. The molecule has 0 aliphatic rings. The highest BCUT2D eigenvalue weighted by atomic mass is 16.5. The van der Waals surface area contributed by atoms with Crippen molar-refractivity contribution in [3.63, 3.8) is 0 Å². The molecule has 0 aromatic rings. The van der Waals surface area contributed by atoms with Crippen LogP contribution in [0, 0.1) is 0 Å². The van der Waals surface area contributed by atoms with Crippen LogP contribution in [0.2, 0.25) is 0 Å². The van der Waals surface area contributed by atoms with E-state index in [1.54, 1.807) is 0 Å². The van der Waals surface area contributed by atoms with Gasteiger partial charge in [0.15, 0.2) is 0 Å². The van der Waals surface area contributed by atoms with Gasteiger partial charge >= 0.3 is 0 Å². The first-order chi connectivity index (χ1) is 7.31. The van der Waals surface area contributed by atoms with Crippen molar-refractivity contribution < 1.29 is 4.74 Å². The molecule has 0 aliphatic heterocycles. The molecule has 0 fully saturated rings. The molecule has 15 heavy (non-hydrogen) atoms. The lowest BCUT2D eigenvalue weighted by Gasteiger charge is -2.14. The molecule has 0 N–H and O–H groups in total. The third kappa shape index (κ3) is 11.8. The first-order valence-corrected chi connectivity index (χ1v) is 6.57. The molecule has 0 aromatic heterocycles. The van der Waals surface area contributed by atoms with Gasteiger partial charge in [-0.15, -0.1) is 0 Å². The summed E-state index contributed by atoms with van der Waals surface area (Å²) in [5.41, 5.74) is 0. The Morgan fingerprint density at radius 1 is 0.800 bits per heavy atom. The van der Waals surface area contributed by atoms with Gasteiger partial charge in [-0.25, -0.2) is 0 Å². The van der Waals surface area contributed by atoms with Crippen molar-refractivity contribution in [1.29, 1.82) is 0 Å². The minimum Gasteiger partial charge on any atom is -0.381 e. The number of hydrogen-bond donors (Lipinski definition) is 0. The van der Waals surface area contributed by atoms with Crippen LogP contribution in [0.25, 0.3) is 0 Å². The number of unbranched alkanes of at least 4 members (excludes halogenated alkanes) is 3. The van der Waals surface area contributed by atoms with Crippen molar-refractivity contribution in [1.82, 2.24) is 4.90 Å². The zero-order valence-electron chi connectivity index (χ0n) is 10.9. The second-order valence-corrected chi connectivity index (χ2v) is 4.33. The molecule has 0 unspecified atom stereocenters. The molecule has 0 aromatic carbocycles. The van der Waals surface area contributed by atoms with Crippen LogP contribution >= 0.6 is 0 Å². The SMILES string of the molecule is CCCCCCOCCCN(C)CCC. The van der Waals surface area contributed by atoms with Crippen LogP contribution in [0.5, 0.6) is 0 Å². The molecule has 0 saturated carbocycles. The Balaban J connectivity index is 2.98. The summed E-state index contributed by atoms with van der Waals surface area (Å²) in [5.74, 6) is 0. The Morgan fingerprint density at radius 3 is 2.20 bits per heavy atom. The van der Waals surface area contributed by atoms with E-state index < -0.39 is 0 Å². The number of ether oxygens (including phenoxy) is 1. The summed E-state index contributed by atoms with van der Waals surface area (Å²) < 4.78 is 5.58. The molecular weight excluding hydrogens is 186 g/mol. The van der Waals surface area contributed by atoms with E-state index in [0.717, 1.165) is 13.2 Å². The van der Waals surface area contributed by atoms with Crippen molar-refractivity contribution in [2.24, 2.45) is 0 Å². The van der Waals surface area contributed by atoms with Crippen LogP contribution in [-0.2, 0) is 4.74 Å². The van der Waals surface area contributed by atoms with Gasteiger partial charge < -0.3 is 9.64 Å². The number of nitrogens with zero attached hydrogens (tertiary/aromatic N) is 1. The minimum atomic E-state index is 0.931. The van der Waals surface area contributed by atoms with E-state index in [9.17, 15) is 0 Å².